The summed E-state index contributed by atoms with van der Waals surface area (Å²) in [4.78, 5) is 16.6. The second-order valence-corrected chi connectivity index (χ2v) is 8.65. The van der Waals surface area contributed by atoms with Crippen molar-refractivity contribution in [3.05, 3.63) is 16.7 Å². The predicted octanol–water partition coefficient (Wildman–Crippen LogP) is 3.36. The maximum Gasteiger partial charge on any atom is 0.221 e. The van der Waals surface area contributed by atoms with Crippen LogP contribution in [-0.2, 0) is 22.3 Å². The lowest BCUT2D eigenvalue weighted by Crippen LogP contribution is -2.38. The second-order valence-electron chi connectivity index (χ2n) is 7.18. The zero-order valence-electron chi connectivity index (χ0n) is 15.4. The standard InChI is InChI=1S/C19H23ClN4O2S/c1-2-26-17-15-14(21-19(20)23-17)13-11-5-3-4-6-12(11)16(22-18(13)27-15)24-7-9-25-10-8-24/h14-15H,2-10H2,1H3. The second kappa shape index (κ2) is 7.26. The molecule has 0 N–H and O–H groups in total. The number of amidine groups is 1. The molecule has 3 aliphatic heterocycles. The Morgan fingerprint density at radius 3 is 2.78 bits per heavy atom. The van der Waals surface area contributed by atoms with Crippen LogP contribution in [0.5, 0.6) is 0 Å². The van der Waals surface area contributed by atoms with Crippen molar-refractivity contribution in [3.63, 3.8) is 0 Å². The molecule has 27 heavy (non-hydrogen) atoms. The number of morpholine rings is 1. The van der Waals surface area contributed by atoms with Crippen LogP contribution in [0.1, 0.15) is 42.5 Å². The monoisotopic (exact) mass is 406 g/mol. The fourth-order valence-corrected chi connectivity index (χ4v) is 5.93. The number of thioether (sulfide) groups is 1. The van der Waals surface area contributed by atoms with Crippen molar-refractivity contribution in [2.45, 2.75) is 48.9 Å². The minimum Gasteiger partial charge on any atom is -0.480 e. The smallest absolute Gasteiger partial charge is 0.221 e. The summed E-state index contributed by atoms with van der Waals surface area (Å²) in [7, 11) is 0. The molecule has 8 heteroatoms. The van der Waals surface area contributed by atoms with Gasteiger partial charge in [-0.05, 0) is 55.3 Å². The Morgan fingerprint density at radius 1 is 1.22 bits per heavy atom. The van der Waals surface area contributed by atoms with Crippen LogP contribution in [0.3, 0.4) is 0 Å². The lowest BCUT2D eigenvalue weighted by Gasteiger charge is -2.32. The van der Waals surface area contributed by atoms with Gasteiger partial charge in [0.1, 0.15) is 22.1 Å². The molecule has 4 aliphatic rings. The minimum absolute atomic E-state index is 0.0327. The normalized spacial score (nSPS) is 26.7. The summed E-state index contributed by atoms with van der Waals surface area (Å²) in [6, 6.07) is -0.0327. The first-order valence-electron chi connectivity index (χ1n) is 9.76. The summed E-state index contributed by atoms with van der Waals surface area (Å²) in [5.41, 5.74) is 4.12. The fourth-order valence-electron chi connectivity index (χ4n) is 4.45. The first-order chi connectivity index (χ1) is 13.3. The van der Waals surface area contributed by atoms with Gasteiger partial charge in [-0.25, -0.2) is 9.98 Å². The SMILES string of the molecule is CCOC1=NC(Cl)=NC2c3c(nc(N4CCOCC4)c4c3CCCC4)SC12. The Hall–Kier alpha value is -1.31. The highest BCUT2D eigenvalue weighted by atomic mass is 35.5. The molecule has 0 spiro atoms. The highest BCUT2D eigenvalue weighted by molar-refractivity contribution is 8.01. The third-order valence-corrected chi connectivity index (χ3v) is 7.05. The number of rotatable bonds is 2. The van der Waals surface area contributed by atoms with Gasteiger partial charge in [0.25, 0.3) is 0 Å². The van der Waals surface area contributed by atoms with Gasteiger partial charge in [0.15, 0.2) is 0 Å². The number of aromatic nitrogens is 1. The Balaban J connectivity index is 1.61. The number of pyridine rings is 1. The fraction of sp³-hybridized carbons (Fsp3) is 0.632. The number of aliphatic imine (C=N–C) groups is 2. The molecule has 6 nitrogen and oxygen atoms in total. The molecule has 2 atom stereocenters. The number of halogens is 1. The van der Waals surface area contributed by atoms with E-state index < -0.39 is 0 Å². The number of fused-ring (bicyclic) bond motifs is 5. The first kappa shape index (κ1) is 17.8. The molecule has 1 aromatic rings. The van der Waals surface area contributed by atoms with Crippen LogP contribution in [0, 0.1) is 0 Å². The summed E-state index contributed by atoms with van der Waals surface area (Å²) in [5.74, 6) is 1.84. The van der Waals surface area contributed by atoms with Gasteiger partial charge in [0.2, 0.25) is 11.2 Å². The molecular formula is C19H23ClN4O2S. The van der Waals surface area contributed by atoms with Crippen LogP contribution in [0.15, 0.2) is 15.0 Å². The molecule has 4 heterocycles. The van der Waals surface area contributed by atoms with Gasteiger partial charge in [-0.1, -0.05) is 11.8 Å². The molecule has 1 saturated heterocycles. The van der Waals surface area contributed by atoms with Crippen LogP contribution >= 0.6 is 23.4 Å². The molecule has 0 amide bonds. The zero-order valence-corrected chi connectivity index (χ0v) is 17.0. The summed E-state index contributed by atoms with van der Waals surface area (Å²) >= 11 is 7.98. The molecular weight excluding hydrogens is 384 g/mol. The topological polar surface area (TPSA) is 59.3 Å². The van der Waals surface area contributed by atoms with E-state index >= 15 is 0 Å². The summed E-state index contributed by atoms with van der Waals surface area (Å²) in [5, 5.41) is 1.41. The van der Waals surface area contributed by atoms with Crippen molar-refractivity contribution < 1.29 is 9.47 Å². The average Bonchev–Trinajstić information content (AvgIpc) is 3.07. The Morgan fingerprint density at radius 2 is 2.00 bits per heavy atom. The van der Waals surface area contributed by atoms with Crippen LogP contribution in [-0.4, -0.2) is 54.3 Å². The van der Waals surface area contributed by atoms with Crippen LogP contribution in [0.4, 0.5) is 5.82 Å². The zero-order chi connectivity index (χ0) is 18.4. The Labute approximate surface area is 168 Å². The van der Waals surface area contributed by atoms with Crippen molar-refractivity contribution in [1.29, 1.82) is 0 Å². The van der Waals surface area contributed by atoms with E-state index in [1.54, 1.807) is 11.8 Å². The Bertz CT molecular complexity index is 822. The van der Waals surface area contributed by atoms with E-state index in [1.807, 2.05) is 6.92 Å². The lowest BCUT2D eigenvalue weighted by atomic mass is 9.86. The summed E-state index contributed by atoms with van der Waals surface area (Å²) < 4.78 is 11.3. The molecule has 144 valence electrons. The lowest BCUT2D eigenvalue weighted by molar-refractivity contribution is 0.122. The number of hydrogen-bond acceptors (Lipinski definition) is 7. The van der Waals surface area contributed by atoms with E-state index in [1.165, 1.54) is 29.5 Å². The van der Waals surface area contributed by atoms with Gasteiger partial charge in [-0.3, -0.25) is 0 Å². The van der Waals surface area contributed by atoms with Gasteiger partial charge in [-0.2, -0.15) is 4.99 Å². The maximum atomic E-state index is 6.25. The molecule has 1 aliphatic carbocycles. The van der Waals surface area contributed by atoms with Crippen molar-refractivity contribution >= 4 is 40.4 Å². The van der Waals surface area contributed by atoms with Gasteiger partial charge in [0.05, 0.1) is 19.8 Å². The van der Waals surface area contributed by atoms with Gasteiger partial charge in [-0.15, -0.1) is 0 Å². The molecule has 0 aromatic carbocycles. The summed E-state index contributed by atoms with van der Waals surface area (Å²) in [6.07, 6.45) is 4.63. The third-order valence-electron chi connectivity index (χ3n) is 5.62. The van der Waals surface area contributed by atoms with E-state index in [2.05, 4.69) is 14.9 Å². The maximum absolute atomic E-state index is 6.25. The van der Waals surface area contributed by atoms with Gasteiger partial charge < -0.3 is 14.4 Å². The van der Waals surface area contributed by atoms with E-state index in [0.29, 0.717) is 12.5 Å². The highest BCUT2D eigenvalue weighted by Crippen LogP contribution is 2.52. The predicted molar refractivity (Wildman–Crippen MR) is 109 cm³/mol. The molecule has 0 saturated carbocycles. The van der Waals surface area contributed by atoms with E-state index in [9.17, 15) is 0 Å². The number of hydrogen-bond donors (Lipinski definition) is 0. The van der Waals surface area contributed by atoms with E-state index in [-0.39, 0.29) is 16.6 Å². The van der Waals surface area contributed by atoms with Crippen LogP contribution in [0.2, 0.25) is 0 Å². The summed E-state index contributed by atoms with van der Waals surface area (Å²) in [6.45, 7) is 5.91. The third kappa shape index (κ3) is 3.04. The first-order valence-corrected chi connectivity index (χ1v) is 11.0. The average molecular weight is 407 g/mol. The van der Waals surface area contributed by atoms with Crippen molar-refractivity contribution in [2.24, 2.45) is 9.98 Å². The quantitative estimate of drug-likeness (QED) is 0.705. The van der Waals surface area contributed by atoms with E-state index in [4.69, 9.17) is 26.1 Å². The number of ether oxygens (including phenoxy) is 2. The van der Waals surface area contributed by atoms with Crippen molar-refractivity contribution in [3.8, 4) is 0 Å². The van der Waals surface area contributed by atoms with Gasteiger partial charge >= 0.3 is 0 Å². The largest absolute Gasteiger partial charge is 0.480 e. The Kier molecular flexibility index (Phi) is 4.78. The van der Waals surface area contributed by atoms with Gasteiger partial charge in [0, 0.05) is 18.7 Å². The highest BCUT2D eigenvalue weighted by Gasteiger charge is 2.44. The van der Waals surface area contributed by atoms with Crippen molar-refractivity contribution in [2.75, 3.05) is 37.8 Å². The minimum atomic E-state index is -0.0327. The molecule has 0 radical (unpaired) electrons. The van der Waals surface area contributed by atoms with E-state index in [0.717, 1.165) is 50.0 Å². The van der Waals surface area contributed by atoms with Crippen LogP contribution < -0.4 is 4.90 Å². The molecule has 5 rings (SSSR count). The van der Waals surface area contributed by atoms with Crippen molar-refractivity contribution in [1.82, 2.24) is 4.98 Å². The van der Waals surface area contributed by atoms with Crippen LogP contribution in [0.25, 0.3) is 0 Å². The number of nitrogens with zero attached hydrogens (tertiary/aromatic N) is 4. The molecule has 0 bridgehead atoms. The molecule has 1 fully saturated rings. The molecule has 2 unspecified atom stereocenters. The number of anilines is 1. The molecule has 1 aromatic heterocycles.